The third kappa shape index (κ3) is 4.87. The van der Waals surface area contributed by atoms with Crippen molar-refractivity contribution in [1.29, 1.82) is 0 Å². The topological polar surface area (TPSA) is 89.0 Å². The van der Waals surface area contributed by atoms with Crippen LogP contribution >= 0.6 is 35.3 Å². The SMILES string of the molecule is COc1cccc(-n2c(=S)sc3c(=O)[nH]c(SCC(=O)NCc4ccccc4)nc32)c1. The molecule has 0 bridgehead atoms. The van der Waals surface area contributed by atoms with Gasteiger partial charge in [0.05, 0.1) is 18.6 Å². The van der Waals surface area contributed by atoms with Crippen molar-refractivity contribution in [2.45, 2.75) is 11.7 Å². The highest BCUT2D eigenvalue weighted by Crippen LogP contribution is 2.26. The number of carbonyl (C=O) groups excluding carboxylic acids is 1. The molecule has 2 N–H and O–H groups in total. The molecule has 31 heavy (non-hydrogen) atoms. The van der Waals surface area contributed by atoms with Gasteiger partial charge in [0.15, 0.2) is 14.8 Å². The molecule has 4 rings (SSSR count). The molecule has 0 unspecified atom stereocenters. The first-order valence-corrected chi connectivity index (χ1v) is 11.5. The van der Waals surface area contributed by atoms with Crippen LogP contribution in [0.15, 0.2) is 64.5 Å². The first-order valence-electron chi connectivity index (χ1n) is 9.29. The third-order valence-electron chi connectivity index (χ3n) is 4.40. The van der Waals surface area contributed by atoms with Crippen LogP contribution in [-0.2, 0) is 11.3 Å². The second-order valence-corrected chi connectivity index (χ2v) is 9.09. The van der Waals surface area contributed by atoms with E-state index in [1.165, 1.54) is 23.1 Å². The number of thioether (sulfide) groups is 1. The minimum absolute atomic E-state index is 0.130. The molecule has 0 fully saturated rings. The van der Waals surface area contributed by atoms with Crippen molar-refractivity contribution in [1.82, 2.24) is 19.9 Å². The highest BCUT2D eigenvalue weighted by atomic mass is 32.2. The molecule has 0 aliphatic carbocycles. The van der Waals surface area contributed by atoms with E-state index in [4.69, 9.17) is 17.0 Å². The molecule has 2 aromatic carbocycles. The smallest absolute Gasteiger partial charge is 0.271 e. The van der Waals surface area contributed by atoms with Gasteiger partial charge in [-0.1, -0.05) is 59.5 Å². The molecule has 10 heteroatoms. The Morgan fingerprint density at radius 1 is 1.26 bits per heavy atom. The van der Waals surface area contributed by atoms with Gasteiger partial charge in [-0.3, -0.25) is 14.2 Å². The largest absolute Gasteiger partial charge is 0.497 e. The van der Waals surface area contributed by atoms with Crippen molar-refractivity contribution in [3.05, 3.63) is 74.5 Å². The first kappa shape index (κ1) is 21.3. The monoisotopic (exact) mass is 470 g/mol. The molecular formula is C21H18N4O3S3. The van der Waals surface area contributed by atoms with Crippen LogP contribution in [0.25, 0.3) is 16.0 Å². The molecule has 4 aromatic rings. The van der Waals surface area contributed by atoms with Crippen LogP contribution in [0.1, 0.15) is 5.56 Å². The van der Waals surface area contributed by atoms with Gasteiger partial charge in [0.2, 0.25) is 5.91 Å². The lowest BCUT2D eigenvalue weighted by atomic mass is 10.2. The highest BCUT2D eigenvalue weighted by Gasteiger charge is 2.15. The predicted octanol–water partition coefficient (Wildman–Crippen LogP) is 3.92. The van der Waals surface area contributed by atoms with E-state index in [1.807, 2.05) is 54.6 Å². The van der Waals surface area contributed by atoms with Crippen LogP contribution in [0.5, 0.6) is 5.75 Å². The zero-order valence-electron chi connectivity index (χ0n) is 16.5. The van der Waals surface area contributed by atoms with Crippen molar-refractivity contribution in [2.24, 2.45) is 0 Å². The van der Waals surface area contributed by atoms with Crippen LogP contribution in [0.3, 0.4) is 0 Å². The van der Waals surface area contributed by atoms with E-state index in [9.17, 15) is 9.59 Å². The van der Waals surface area contributed by atoms with Crippen molar-refractivity contribution in [2.75, 3.05) is 12.9 Å². The molecule has 158 valence electrons. The number of H-pyrrole nitrogens is 1. The molecule has 2 heterocycles. The lowest BCUT2D eigenvalue weighted by Gasteiger charge is -2.08. The van der Waals surface area contributed by atoms with Crippen molar-refractivity contribution < 1.29 is 9.53 Å². The van der Waals surface area contributed by atoms with Crippen molar-refractivity contribution >= 4 is 51.6 Å². The zero-order chi connectivity index (χ0) is 21.8. The Morgan fingerprint density at radius 3 is 2.84 bits per heavy atom. The third-order valence-corrected chi connectivity index (χ3v) is 6.64. The van der Waals surface area contributed by atoms with Crippen molar-refractivity contribution in [3.8, 4) is 11.4 Å². The van der Waals surface area contributed by atoms with E-state index >= 15 is 0 Å². The number of thiazole rings is 1. The van der Waals surface area contributed by atoms with Crippen LogP contribution in [0.4, 0.5) is 0 Å². The van der Waals surface area contributed by atoms with Gasteiger partial charge in [-0.15, -0.1) is 0 Å². The molecule has 0 atom stereocenters. The molecule has 0 aliphatic rings. The number of benzene rings is 2. The fraction of sp³-hybridized carbons (Fsp3) is 0.143. The van der Waals surface area contributed by atoms with Gasteiger partial charge in [0.1, 0.15) is 10.4 Å². The van der Waals surface area contributed by atoms with E-state index in [2.05, 4.69) is 15.3 Å². The molecule has 1 amide bonds. The van der Waals surface area contributed by atoms with Gasteiger partial charge in [-0.25, -0.2) is 4.98 Å². The highest BCUT2D eigenvalue weighted by molar-refractivity contribution is 7.99. The number of hydrogen-bond donors (Lipinski definition) is 2. The normalized spacial score (nSPS) is 10.9. The molecule has 0 radical (unpaired) electrons. The standard InChI is InChI=1S/C21H18N4O3S3/c1-28-15-9-5-8-14(10-15)25-18-17(31-21(25)29)19(27)24-20(23-18)30-12-16(26)22-11-13-6-3-2-4-7-13/h2-10H,11-12H2,1H3,(H,22,26)(H,23,24,27). The lowest BCUT2D eigenvalue weighted by molar-refractivity contribution is -0.118. The molecule has 0 saturated heterocycles. The second-order valence-electron chi connectivity index (χ2n) is 6.48. The van der Waals surface area contributed by atoms with E-state index in [0.29, 0.717) is 31.8 Å². The average molecular weight is 471 g/mol. The summed E-state index contributed by atoms with van der Waals surface area (Å²) in [7, 11) is 1.59. The summed E-state index contributed by atoms with van der Waals surface area (Å²) in [6, 6.07) is 17.0. The number of nitrogens with zero attached hydrogens (tertiary/aromatic N) is 2. The van der Waals surface area contributed by atoms with E-state index in [1.54, 1.807) is 11.7 Å². The molecular weight excluding hydrogens is 452 g/mol. The average Bonchev–Trinajstić information content (AvgIpc) is 3.13. The Bertz CT molecular complexity index is 1350. The van der Waals surface area contributed by atoms with Crippen molar-refractivity contribution in [3.63, 3.8) is 0 Å². The Balaban J connectivity index is 1.56. The van der Waals surface area contributed by atoms with E-state index in [-0.39, 0.29) is 17.2 Å². The van der Waals surface area contributed by atoms with Crippen LogP contribution in [0, 0.1) is 3.95 Å². The predicted molar refractivity (Wildman–Crippen MR) is 126 cm³/mol. The number of methoxy groups -OCH3 is 1. The number of rotatable bonds is 7. The molecule has 7 nitrogen and oxygen atoms in total. The number of hydrogen-bond acceptors (Lipinski definition) is 7. The van der Waals surface area contributed by atoms with Gasteiger partial charge in [0.25, 0.3) is 5.56 Å². The maximum absolute atomic E-state index is 12.6. The minimum Gasteiger partial charge on any atom is -0.497 e. The number of aromatic nitrogens is 3. The first-order chi connectivity index (χ1) is 15.0. The summed E-state index contributed by atoms with van der Waals surface area (Å²) in [6.07, 6.45) is 0. The summed E-state index contributed by atoms with van der Waals surface area (Å²) < 4.78 is 7.97. The summed E-state index contributed by atoms with van der Waals surface area (Å²) in [6.45, 7) is 0.447. The Morgan fingerprint density at radius 2 is 2.06 bits per heavy atom. The molecule has 0 aliphatic heterocycles. The number of nitrogens with one attached hydrogen (secondary N) is 2. The summed E-state index contributed by atoms with van der Waals surface area (Å²) in [5.41, 5.74) is 1.95. The van der Waals surface area contributed by atoms with Gasteiger partial charge in [-0.05, 0) is 29.9 Å². The number of aromatic amines is 1. The Kier molecular flexibility index (Phi) is 6.50. The van der Waals surface area contributed by atoms with Crippen LogP contribution in [0.2, 0.25) is 0 Å². The maximum atomic E-state index is 12.6. The fourth-order valence-electron chi connectivity index (χ4n) is 2.92. The number of amides is 1. The maximum Gasteiger partial charge on any atom is 0.271 e. The van der Waals surface area contributed by atoms with Crippen LogP contribution < -0.4 is 15.6 Å². The van der Waals surface area contributed by atoms with E-state index < -0.39 is 0 Å². The zero-order valence-corrected chi connectivity index (χ0v) is 18.9. The Labute approximate surface area is 191 Å². The lowest BCUT2D eigenvalue weighted by Crippen LogP contribution is -2.24. The summed E-state index contributed by atoms with van der Waals surface area (Å²) in [4.78, 5) is 32.1. The quantitative estimate of drug-likeness (QED) is 0.242. The molecule has 0 saturated carbocycles. The summed E-state index contributed by atoms with van der Waals surface area (Å²) in [5.74, 6) is 0.658. The fourth-order valence-corrected chi connectivity index (χ4v) is 4.88. The second kappa shape index (κ2) is 9.46. The molecule has 0 spiro atoms. The van der Waals surface area contributed by atoms with E-state index in [0.717, 1.165) is 11.3 Å². The summed E-state index contributed by atoms with van der Waals surface area (Å²) >= 11 is 7.84. The minimum atomic E-state index is -0.282. The van der Waals surface area contributed by atoms with Gasteiger partial charge >= 0.3 is 0 Å². The number of carbonyl (C=O) groups is 1. The number of fused-ring (bicyclic) bond motifs is 1. The van der Waals surface area contributed by atoms with Gasteiger partial charge in [-0.2, -0.15) is 0 Å². The summed E-state index contributed by atoms with van der Waals surface area (Å²) in [5, 5.41) is 3.22. The van der Waals surface area contributed by atoms with Gasteiger partial charge in [0, 0.05) is 12.6 Å². The number of ether oxygens (including phenoxy) is 1. The van der Waals surface area contributed by atoms with Gasteiger partial charge < -0.3 is 15.0 Å². The molecule has 2 aromatic heterocycles. The Hall–Kier alpha value is -2.95. The van der Waals surface area contributed by atoms with Crippen LogP contribution in [-0.4, -0.2) is 33.3 Å².